The molecule has 0 aromatic carbocycles. The van der Waals surface area contributed by atoms with Crippen LogP contribution in [0.4, 0.5) is 0 Å². The van der Waals surface area contributed by atoms with Crippen LogP contribution in [-0.4, -0.2) is 13.1 Å². The molecule has 2 atom stereocenters. The SMILES string of the molecule is C#CCC1CCCCC1CNCC(C)C. The zero-order valence-corrected chi connectivity index (χ0v) is 10.3. The standard InChI is InChI=1S/C14H25N/c1-4-7-13-8-5-6-9-14(13)11-15-10-12(2)3/h1,12-15H,5-11H2,2-3H3. The lowest BCUT2D eigenvalue weighted by molar-refractivity contribution is 0.232. The number of hydrogen-bond acceptors (Lipinski definition) is 1. The second-order valence-corrected chi connectivity index (χ2v) is 5.26. The van der Waals surface area contributed by atoms with Crippen LogP contribution in [0.2, 0.25) is 0 Å². The predicted octanol–water partition coefficient (Wildman–Crippen LogP) is 3.06. The molecule has 1 nitrogen and oxygen atoms in total. The first-order valence-electron chi connectivity index (χ1n) is 6.38. The largest absolute Gasteiger partial charge is 0.316 e. The molecular formula is C14H25N. The summed E-state index contributed by atoms with van der Waals surface area (Å²) in [5, 5.41) is 3.57. The summed E-state index contributed by atoms with van der Waals surface area (Å²) in [6.45, 7) is 6.82. The van der Waals surface area contributed by atoms with E-state index in [1.54, 1.807) is 0 Å². The van der Waals surface area contributed by atoms with Crippen LogP contribution in [0.1, 0.15) is 46.0 Å². The minimum Gasteiger partial charge on any atom is -0.316 e. The Morgan fingerprint density at radius 3 is 2.53 bits per heavy atom. The second-order valence-electron chi connectivity index (χ2n) is 5.26. The van der Waals surface area contributed by atoms with Crippen molar-refractivity contribution in [3.05, 3.63) is 0 Å². The molecule has 0 saturated heterocycles. The molecule has 1 fully saturated rings. The lowest BCUT2D eigenvalue weighted by Gasteiger charge is -2.30. The Labute approximate surface area is 95.0 Å². The fraction of sp³-hybridized carbons (Fsp3) is 0.857. The van der Waals surface area contributed by atoms with E-state index in [1.165, 1.54) is 32.2 Å². The Balaban J connectivity index is 2.26. The Morgan fingerprint density at radius 2 is 1.93 bits per heavy atom. The molecule has 1 aliphatic carbocycles. The Hall–Kier alpha value is -0.480. The molecule has 0 radical (unpaired) electrons. The molecule has 0 bridgehead atoms. The lowest BCUT2D eigenvalue weighted by Crippen LogP contribution is -2.32. The van der Waals surface area contributed by atoms with Gasteiger partial charge in [0.1, 0.15) is 0 Å². The fourth-order valence-corrected chi connectivity index (χ4v) is 2.53. The van der Waals surface area contributed by atoms with E-state index >= 15 is 0 Å². The minimum atomic E-state index is 0.750. The van der Waals surface area contributed by atoms with Crippen molar-refractivity contribution in [2.45, 2.75) is 46.0 Å². The maximum absolute atomic E-state index is 5.43. The van der Waals surface area contributed by atoms with Gasteiger partial charge < -0.3 is 5.32 Å². The third-order valence-electron chi connectivity index (χ3n) is 3.41. The zero-order chi connectivity index (χ0) is 11.1. The topological polar surface area (TPSA) is 12.0 Å². The van der Waals surface area contributed by atoms with Gasteiger partial charge in [-0.05, 0) is 43.7 Å². The van der Waals surface area contributed by atoms with E-state index in [0.29, 0.717) is 0 Å². The van der Waals surface area contributed by atoms with Crippen molar-refractivity contribution in [3.63, 3.8) is 0 Å². The van der Waals surface area contributed by atoms with Gasteiger partial charge in [0.25, 0.3) is 0 Å². The highest BCUT2D eigenvalue weighted by molar-refractivity contribution is 4.90. The average molecular weight is 207 g/mol. The van der Waals surface area contributed by atoms with Gasteiger partial charge in [-0.1, -0.05) is 26.7 Å². The predicted molar refractivity (Wildman–Crippen MR) is 66.6 cm³/mol. The monoisotopic (exact) mass is 207 g/mol. The molecule has 1 saturated carbocycles. The van der Waals surface area contributed by atoms with Crippen molar-refractivity contribution < 1.29 is 0 Å². The minimum absolute atomic E-state index is 0.750. The van der Waals surface area contributed by atoms with E-state index in [2.05, 4.69) is 25.1 Å². The molecule has 1 rings (SSSR count). The molecule has 0 amide bonds. The highest BCUT2D eigenvalue weighted by Gasteiger charge is 2.23. The van der Waals surface area contributed by atoms with E-state index in [-0.39, 0.29) is 0 Å². The van der Waals surface area contributed by atoms with E-state index in [9.17, 15) is 0 Å². The van der Waals surface area contributed by atoms with Crippen molar-refractivity contribution in [2.75, 3.05) is 13.1 Å². The first kappa shape index (κ1) is 12.6. The Bertz CT molecular complexity index is 202. The summed E-state index contributed by atoms with van der Waals surface area (Å²) in [5.41, 5.74) is 0. The molecule has 0 aromatic rings. The van der Waals surface area contributed by atoms with Crippen LogP contribution in [0.25, 0.3) is 0 Å². The van der Waals surface area contributed by atoms with Gasteiger partial charge in [0, 0.05) is 6.42 Å². The number of rotatable bonds is 5. The van der Waals surface area contributed by atoms with Crippen LogP contribution in [0, 0.1) is 30.1 Å². The molecule has 0 heterocycles. The molecule has 86 valence electrons. The summed E-state index contributed by atoms with van der Waals surface area (Å²) in [6, 6.07) is 0. The molecule has 1 heteroatoms. The molecule has 15 heavy (non-hydrogen) atoms. The summed E-state index contributed by atoms with van der Waals surface area (Å²) in [7, 11) is 0. The quantitative estimate of drug-likeness (QED) is 0.683. The van der Waals surface area contributed by atoms with E-state index < -0.39 is 0 Å². The third-order valence-corrected chi connectivity index (χ3v) is 3.41. The van der Waals surface area contributed by atoms with Gasteiger partial charge >= 0.3 is 0 Å². The molecule has 0 aliphatic heterocycles. The summed E-state index contributed by atoms with van der Waals surface area (Å²) in [5.74, 6) is 5.20. The zero-order valence-electron chi connectivity index (χ0n) is 10.3. The van der Waals surface area contributed by atoms with Crippen LogP contribution in [0.15, 0.2) is 0 Å². The Kier molecular flexibility index (Phi) is 5.79. The van der Waals surface area contributed by atoms with Crippen LogP contribution in [0.5, 0.6) is 0 Å². The maximum atomic E-state index is 5.43. The molecular weight excluding hydrogens is 182 g/mol. The number of hydrogen-bond donors (Lipinski definition) is 1. The van der Waals surface area contributed by atoms with Crippen molar-refractivity contribution in [1.29, 1.82) is 0 Å². The van der Waals surface area contributed by atoms with Gasteiger partial charge in [0.05, 0.1) is 0 Å². The van der Waals surface area contributed by atoms with Crippen molar-refractivity contribution in [2.24, 2.45) is 17.8 Å². The fourth-order valence-electron chi connectivity index (χ4n) is 2.53. The first-order chi connectivity index (χ1) is 7.24. The summed E-state index contributed by atoms with van der Waals surface area (Å²) in [6.07, 6.45) is 11.9. The van der Waals surface area contributed by atoms with Crippen LogP contribution < -0.4 is 5.32 Å². The summed E-state index contributed by atoms with van der Waals surface area (Å²) < 4.78 is 0. The average Bonchev–Trinajstić information content (AvgIpc) is 2.20. The first-order valence-corrected chi connectivity index (χ1v) is 6.38. The summed E-state index contributed by atoms with van der Waals surface area (Å²) in [4.78, 5) is 0. The van der Waals surface area contributed by atoms with E-state index in [4.69, 9.17) is 6.42 Å². The molecule has 0 aromatic heterocycles. The van der Waals surface area contributed by atoms with Crippen LogP contribution in [0.3, 0.4) is 0 Å². The van der Waals surface area contributed by atoms with Crippen molar-refractivity contribution in [3.8, 4) is 12.3 Å². The number of nitrogens with one attached hydrogen (secondary N) is 1. The van der Waals surface area contributed by atoms with Gasteiger partial charge in [-0.25, -0.2) is 0 Å². The van der Waals surface area contributed by atoms with E-state index in [0.717, 1.165) is 30.7 Å². The highest BCUT2D eigenvalue weighted by Crippen LogP contribution is 2.31. The highest BCUT2D eigenvalue weighted by atomic mass is 14.9. The van der Waals surface area contributed by atoms with Crippen molar-refractivity contribution >= 4 is 0 Å². The van der Waals surface area contributed by atoms with Gasteiger partial charge in [-0.3, -0.25) is 0 Å². The van der Waals surface area contributed by atoms with Crippen molar-refractivity contribution in [1.82, 2.24) is 5.32 Å². The van der Waals surface area contributed by atoms with Crippen LogP contribution >= 0.6 is 0 Å². The number of terminal acetylenes is 1. The summed E-state index contributed by atoms with van der Waals surface area (Å²) >= 11 is 0. The van der Waals surface area contributed by atoms with E-state index in [1.807, 2.05) is 0 Å². The molecule has 1 N–H and O–H groups in total. The van der Waals surface area contributed by atoms with Gasteiger partial charge in [0.2, 0.25) is 0 Å². The Morgan fingerprint density at radius 1 is 1.27 bits per heavy atom. The third kappa shape index (κ3) is 4.71. The molecule has 0 spiro atoms. The van der Waals surface area contributed by atoms with Crippen LogP contribution in [-0.2, 0) is 0 Å². The molecule has 2 unspecified atom stereocenters. The maximum Gasteiger partial charge on any atom is 0.0117 e. The molecule has 1 aliphatic rings. The normalized spacial score (nSPS) is 26.5. The van der Waals surface area contributed by atoms with Gasteiger partial charge in [0.15, 0.2) is 0 Å². The van der Waals surface area contributed by atoms with Gasteiger partial charge in [-0.2, -0.15) is 0 Å². The second kappa shape index (κ2) is 6.90. The smallest absolute Gasteiger partial charge is 0.0117 e. The lowest BCUT2D eigenvalue weighted by atomic mass is 9.77. The van der Waals surface area contributed by atoms with Gasteiger partial charge in [-0.15, -0.1) is 12.3 Å².